The Balaban J connectivity index is 1.71. The van der Waals surface area contributed by atoms with E-state index in [-0.39, 0.29) is 22.6 Å². The molecule has 2 aromatic carbocycles. The van der Waals surface area contributed by atoms with E-state index in [4.69, 9.17) is 4.74 Å². The number of hydrogen-bond donors (Lipinski definition) is 1. The van der Waals surface area contributed by atoms with Crippen LogP contribution in [0.2, 0.25) is 0 Å². The standard InChI is InChI=1S/C20H21F3N2O4S/c1-29-17-9-11-25(12-10-17)19(26)14-5-7-18(8-6-14)30(27,28)24-16-4-2-3-15(13-16)20(21,22)23/h2-8,13,17,24H,9-12H2,1H3. The number of ether oxygens (including phenoxy) is 1. The topological polar surface area (TPSA) is 75.7 Å². The molecular formula is C20H21F3N2O4S. The molecule has 10 heteroatoms. The fraction of sp³-hybridized carbons (Fsp3) is 0.350. The van der Waals surface area contributed by atoms with Gasteiger partial charge in [-0.05, 0) is 55.3 Å². The SMILES string of the molecule is COC1CCN(C(=O)c2ccc(S(=O)(=O)Nc3cccc(C(F)(F)F)c3)cc2)CC1. The zero-order valence-corrected chi connectivity index (χ0v) is 17.0. The molecule has 1 aliphatic heterocycles. The molecule has 1 N–H and O–H groups in total. The number of carbonyl (C=O) groups is 1. The van der Waals surface area contributed by atoms with E-state index in [1.165, 1.54) is 30.3 Å². The fourth-order valence-corrected chi connectivity index (χ4v) is 4.28. The number of amides is 1. The molecule has 1 saturated heterocycles. The van der Waals surface area contributed by atoms with Gasteiger partial charge in [-0.2, -0.15) is 13.2 Å². The lowest BCUT2D eigenvalue weighted by molar-refractivity contribution is -0.137. The van der Waals surface area contributed by atoms with Crippen LogP contribution < -0.4 is 4.72 Å². The molecule has 0 unspecified atom stereocenters. The number of rotatable bonds is 5. The van der Waals surface area contributed by atoms with Crippen LogP contribution in [0.25, 0.3) is 0 Å². The number of methoxy groups -OCH3 is 1. The smallest absolute Gasteiger partial charge is 0.381 e. The van der Waals surface area contributed by atoms with Gasteiger partial charge in [0.2, 0.25) is 0 Å². The zero-order valence-electron chi connectivity index (χ0n) is 16.1. The average molecular weight is 442 g/mol. The first kappa shape index (κ1) is 22.1. The van der Waals surface area contributed by atoms with Crippen LogP contribution in [-0.2, 0) is 20.9 Å². The van der Waals surface area contributed by atoms with E-state index in [1.807, 2.05) is 0 Å². The highest BCUT2D eigenvalue weighted by Gasteiger charge is 2.31. The number of nitrogens with zero attached hydrogens (tertiary/aromatic N) is 1. The maximum Gasteiger partial charge on any atom is 0.416 e. The van der Waals surface area contributed by atoms with E-state index in [9.17, 15) is 26.4 Å². The molecule has 6 nitrogen and oxygen atoms in total. The molecule has 3 rings (SSSR count). The van der Waals surface area contributed by atoms with Gasteiger partial charge in [-0.25, -0.2) is 8.42 Å². The van der Waals surface area contributed by atoms with Crippen molar-refractivity contribution in [2.75, 3.05) is 24.9 Å². The summed E-state index contributed by atoms with van der Waals surface area (Å²) >= 11 is 0. The van der Waals surface area contributed by atoms with Crippen LogP contribution in [0.1, 0.15) is 28.8 Å². The number of likely N-dealkylation sites (tertiary alicyclic amines) is 1. The van der Waals surface area contributed by atoms with E-state index in [1.54, 1.807) is 12.0 Å². The second-order valence-corrected chi connectivity index (χ2v) is 8.62. The summed E-state index contributed by atoms with van der Waals surface area (Å²) in [7, 11) is -2.48. The molecule has 1 heterocycles. The molecule has 0 spiro atoms. The van der Waals surface area contributed by atoms with E-state index in [0.29, 0.717) is 18.7 Å². The van der Waals surface area contributed by atoms with Crippen molar-refractivity contribution in [1.82, 2.24) is 4.90 Å². The second-order valence-electron chi connectivity index (χ2n) is 6.94. The third-order valence-electron chi connectivity index (χ3n) is 4.92. The van der Waals surface area contributed by atoms with Crippen LogP contribution in [0, 0.1) is 0 Å². The molecule has 30 heavy (non-hydrogen) atoms. The molecule has 2 aromatic rings. The molecule has 0 atom stereocenters. The first-order valence-corrected chi connectivity index (χ1v) is 10.7. The molecule has 0 aromatic heterocycles. The summed E-state index contributed by atoms with van der Waals surface area (Å²) in [5.74, 6) is -0.209. The summed E-state index contributed by atoms with van der Waals surface area (Å²) in [4.78, 5) is 14.1. The number of alkyl halides is 3. The predicted molar refractivity (Wildman–Crippen MR) is 105 cm³/mol. The number of halogens is 3. The molecular weight excluding hydrogens is 421 g/mol. The van der Waals surface area contributed by atoms with Gasteiger partial charge in [-0.1, -0.05) is 6.07 Å². The van der Waals surface area contributed by atoms with Crippen molar-refractivity contribution < 1.29 is 31.1 Å². The van der Waals surface area contributed by atoms with E-state index in [2.05, 4.69) is 4.72 Å². The third-order valence-corrected chi connectivity index (χ3v) is 6.31. The minimum Gasteiger partial charge on any atom is -0.381 e. The highest BCUT2D eigenvalue weighted by atomic mass is 32.2. The van der Waals surface area contributed by atoms with Gasteiger partial charge < -0.3 is 9.64 Å². The lowest BCUT2D eigenvalue weighted by Crippen LogP contribution is -2.40. The van der Waals surface area contributed by atoms with Crippen molar-refractivity contribution in [2.45, 2.75) is 30.0 Å². The summed E-state index contributed by atoms with van der Waals surface area (Å²) < 4.78 is 70.9. The largest absolute Gasteiger partial charge is 0.416 e. The third kappa shape index (κ3) is 5.11. The summed E-state index contributed by atoms with van der Waals surface area (Å²) in [5, 5.41) is 0. The number of hydrogen-bond acceptors (Lipinski definition) is 4. The molecule has 0 saturated carbocycles. The summed E-state index contributed by atoms with van der Waals surface area (Å²) in [6, 6.07) is 9.23. The lowest BCUT2D eigenvalue weighted by atomic mass is 10.1. The number of anilines is 1. The van der Waals surface area contributed by atoms with E-state index < -0.39 is 21.8 Å². The van der Waals surface area contributed by atoms with Gasteiger partial charge in [0.25, 0.3) is 15.9 Å². The van der Waals surface area contributed by atoms with Gasteiger partial charge in [0.15, 0.2) is 0 Å². The van der Waals surface area contributed by atoms with Crippen molar-refractivity contribution in [1.29, 1.82) is 0 Å². The van der Waals surface area contributed by atoms with Crippen molar-refractivity contribution in [3.05, 3.63) is 59.7 Å². The number of carbonyl (C=O) groups excluding carboxylic acids is 1. The van der Waals surface area contributed by atoms with Crippen LogP contribution in [0.5, 0.6) is 0 Å². The Hall–Kier alpha value is -2.59. The quantitative estimate of drug-likeness (QED) is 0.765. The minimum absolute atomic E-state index is 0.128. The Morgan fingerprint density at radius 1 is 1.10 bits per heavy atom. The predicted octanol–water partition coefficient (Wildman–Crippen LogP) is 3.76. The van der Waals surface area contributed by atoms with E-state index in [0.717, 1.165) is 31.0 Å². The molecule has 0 radical (unpaired) electrons. The summed E-state index contributed by atoms with van der Waals surface area (Å²) in [6.45, 7) is 1.10. The first-order chi connectivity index (χ1) is 14.1. The number of nitrogens with one attached hydrogen (secondary N) is 1. The van der Waals surface area contributed by atoms with Gasteiger partial charge >= 0.3 is 6.18 Å². The van der Waals surface area contributed by atoms with Gasteiger partial charge in [-0.3, -0.25) is 9.52 Å². The highest BCUT2D eigenvalue weighted by Crippen LogP contribution is 2.31. The molecule has 162 valence electrons. The van der Waals surface area contributed by atoms with Gasteiger partial charge in [0.1, 0.15) is 0 Å². The molecule has 1 aliphatic rings. The number of sulfonamides is 1. The summed E-state index contributed by atoms with van der Waals surface area (Å²) in [6.07, 6.45) is -2.99. The van der Waals surface area contributed by atoms with Crippen LogP contribution >= 0.6 is 0 Å². The van der Waals surface area contributed by atoms with Crippen LogP contribution in [0.3, 0.4) is 0 Å². The fourth-order valence-electron chi connectivity index (χ4n) is 3.23. The van der Waals surface area contributed by atoms with Gasteiger partial charge in [0.05, 0.1) is 16.6 Å². The Bertz CT molecular complexity index is 999. The van der Waals surface area contributed by atoms with Crippen molar-refractivity contribution in [2.24, 2.45) is 0 Å². The second kappa shape index (κ2) is 8.65. The normalized spacial score (nSPS) is 15.8. The zero-order chi connectivity index (χ0) is 21.9. The Kier molecular flexibility index (Phi) is 6.37. The Labute approximate surface area is 172 Å². The molecule has 0 aliphatic carbocycles. The average Bonchev–Trinajstić information content (AvgIpc) is 2.72. The Morgan fingerprint density at radius 2 is 1.73 bits per heavy atom. The van der Waals surface area contributed by atoms with Gasteiger partial charge in [0, 0.05) is 31.5 Å². The molecule has 1 amide bonds. The van der Waals surface area contributed by atoms with Gasteiger partial charge in [-0.15, -0.1) is 0 Å². The summed E-state index contributed by atoms with van der Waals surface area (Å²) in [5.41, 5.74) is -0.823. The van der Waals surface area contributed by atoms with Crippen molar-refractivity contribution in [3.8, 4) is 0 Å². The monoisotopic (exact) mass is 442 g/mol. The highest BCUT2D eigenvalue weighted by molar-refractivity contribution is 7.92. The number of piperidine rings is 1. The van der Waals surface area contributed by atoms with Crippen LogP contribution in [0.15, 0.2) is 53.4 Å². The maximum absolute atomic E-state index is 12.8. The molecule has 1 fully saturated rings. The van der Waals surface area contributed by atoms with Crippen LogP contribution in [-0.4, -0.2) is 45.5 Å². The van der Waals surface area contributed by atoms with E-state index >= 15 is 0 Å². The van der Waals surface area contributed by atoms with Crippen molar-refractivity contribution >= 4 is 21.6 Å². The lowest BCUT2D eigenvalue weighted by Gasteiger charge is -2.31. The first-order valence-electron chi connectivity index (χ1n) is 9.22. The van der Waals surface area contributed by atoms with Crippen LogP contribution in [0.4, 0.5) is 18.9 Å². The Morgan fingerprint density at radius 3 is 2.30 bits per heavy atom. The van der Waals surface area contributed by atoms with Crippen molar-refractivity contribution in [3.63, 3.8) is 0 Å². The molecule has 0 bridgehead atoms. The minimum atomic E-state index is -4.58. The number of benzene rings is 2. The maximum atomic E-state index is 12.8.